The van der Waals surface area contributed by atoms with Crippen molar-refractivity contribution in [3.05, 3.63) is 29.8 Å². The molecule has 2 nitrogen and oxygen atoms in total. The molecule has 1 aromatic carbocycles. The summed E-state index contributed by atoms with van der Waals surface area (Å²) in [6.45, 7) is 10.1. The van der Waals surface area contributed by atoms with Gasteiger partial charge in [-0.05, 0) is 45.4 Å². The van der Waals surface area contributed by atoms with Crippen LogP contribution in [0.1, 0.15) is 33.3 Å². The van der Waals surface area contributed by atoms with E-state index in [1.165, 1.54) is 5.56 Å². The van der Waals surface area contributed by atoms with E-state index in [1.807, 2.05) is 19.1 Å². The maximum Gasteiger partial charge on any atom is 0.119 e. The van der Waals surface area contributed by atoms with Crippen molar-refractivity contribution in [1.29, 1.82) is 0 Å². The number of rotatable bonds is 4. The Morgan fingerprint density at radius 3 is 2.50 bits per heavy atom. The maximum atomic E-state index is 5.45. The van der Waals surface area contributed by atoms with Crippen molar-refractivity contribution < 1.29 is 17.1 Å². The molecule has 0 saturated carbocycles. The summed E-state index contributed by atoms with van der Waals surface area (Å²) in [4.78, 5) is 0. The van der Waals surface area contributed by atoms with Crippen molar-refractivity contribution >= 4 is 0 Å². The molecule has 0 amide bonds. The Kier molecular flexibility index (Phi) is 6.46. The SMILES string of the molecule is CCOc1cccc(CNC(C)(C)C)c1.[Cl-]. The lowest BCUT2D eigenvalue weighted by molar-refractivity contribution is -0.00000449. The summed E-state index contributed by atoms with van der Waals surface area (Å²) in [5, 5.41) is 3.45. The summed E-state index contributed by atoms with van der Waals surface area (Å²) >= 11 is 0. The normalized spacial score (nSPS) is 10.8. The van der Waals surface area contributed by atoms with Crippen molar-refractivity contribution in [2.75, 3.05) is 6.61 Å². The highest BCUT2D eigenvalue weighted by Crippen LogP contribution is 2.13. The van der Waals surface area contributed by atoms with Crippen LogP contribution in [0.2, 0.25) is 0 Å². The van der Waals surface area contributed by atoms with E-state index in [-0.39, 0.29) is 17.9 Å². The van der Waals surface area contributed by atoms with E-state index >= 15 is 0 Å². The molecule has 0 bridgehead atoms. The molecule has 1 N–H and O–H groups in total. The third kappa shape index (κ3) is 5.99. The summed E-state index contributed by atoms with van der Waals surface area (Å²) in [7, 11) is 0. The molecule has 0 atom stereocenters. The molecule has 1 rings (SSSR count). The molecule has 0 heterocycles. The Bertz CT molecular complexity index is 307. The lowest BCUT2D eigenvalue weighted by Crippen LogP contribution is -3.00. The third-order valence-corrected chi connectivity index (χ3v) is 2.03. The Hall–Kier alpha value is -0.730. The molecule has 0 saturated heterocycles. The van der Waals surface area contributed by atoms with E-state index in [4.69, 9.17) is 4.74 Å². The molecule has 0 aliphatic rings. The molecular weight excluding hydrogens is 222 g/mol. The van der Waals surface area contributed by atoms with Gasteiger partial charge in [-0.1, -0.05) is 12.1 Å². The van der Waals surface area contributed by atoms with Crippen LogP contribution in [0.15, 0.2) is 24.3 Å². The third-order valence-electron chi connectivity index (χ3n) is 2.03. The number of halogens is 1. The first kappa shape index (κ1) is 15.3. The molecular formula is C13H21ClNO-. The van der Waals surface area contributed by atoms with Gasteiger partial charge in [0.15, 0.2) is 0 Å². The average molecular weight is 243 g/mol. The molecule has 0 spiro atoms. The lowest BCUT2D eigenvalue weighted by atomic mass is 10.1. The molecule has 0 unspecified atom stereocenters. The second-order valence-electron chi connectivity index (χ2n) is 4.68. The summed E-state index contributed by atoms with van der Waals surface area (Å²) in [5.74, 6) is 0.950. The van der Waals surface area contributed by atoms with Gasteiger partial charge < -0.3 is 22.5 Å². The van der Waals surface area contributed by atoms with Gasteiger partial charge in [-0.15, -0.1) is 0 Å². The van der Waals surface area contributed by atoms with Crippen molar-refractivity contribution in [3.63, 3.8) is 0 Å². The minimum absolute atomic E-state index is 0. The van der Waals surface area contributed by atoms with Crippen LogP contribution >= 0.6 is 0 Å². The van der Waals surface area contributed by atoms with Crippen molar-refractivity contribution in [3.8, 4) is 5.75 Å². The Morgan fingerprint density at radius 2 is 1.94 bits per heavy atom. The van der Waals surface area contributed by atoms with Gasteiger partial charge in [-0.3, -0.25) is 0 Å². The van der Waals surface area contributed by atoms with Crippen LogP contribution in [0.4, 0.5) is 0 Å². The largest absolute Gasteiger partial charge is 1.00 e. The minimum Gasteiger partial charge on any atom is -1.00 e. The van der Waals surface area contributed by atoms with Gasteiger partial charge in [-0.25, -0.2) is 0 Å². The first-order chi connectivity index (χ1) is 7.01. The van der Waals surface area contributed by atoms with Crippen LogP contribution in [0, 0.1) is 0 Å². The molecule has 0 radical (unpaired) electrons. The van der Waals surface area contributed by atoms with E-state index in [9.17, 15) is 0 Å². The van der Waals surface area contributed by atoms with Crippen LogP contribution < -0.4 is 22.5 Å². The summed E-state index contributed by atoms with van der Waals surface area (Å²) in [6, 6.07) is 8.22. The second kappa shape index (κ2) is 6.77. The van der Waals surface area contributed by atoms with Crippen LogP contribution in [0.25, 0.3) is 0 Å². The minimum atomic E-state index is 0. The fourth-order valence-electron chi connectivity index (χ4n) is 1.28. The van der Waals surface area contributed by atoms with Gasteiger partial charge in [0, 0.05) is 12.1 Å². The fourth-order valence-corrected chi connectivity index (χ4v) is 1.28. The lowest BCUT2D eigenvalue weighted by Gasteiger charge is -2.20. The van der Waals surface area contributed by atoms with Crippen LogP contribution in [-0.2, 0) is 6.54 Å². The molecule has 0 aliphatic carbocycles. The maximum absolute atomic E-state index is 5.45. The van der Waals surface area contributed by atoms with Crippen LogP contribution in [-0.4, -0.2) is 12.1 Å². The Labute approximate surface area is 105 Å². The molecule has 16 heavy (non-hydrogen) atoms. The van der Waals surface area contributed by atoms with E-state index in [1.54, 1.807) is 0 Å². The predicted molar refractivity (Wildman–Crippen MR) is 64.2 cm³/mol. The molecule has 1 aromatic rings. The molecule has 3 heteroatoms. The van der Waals surface area contributed by atoms with Crippen molar-refractivity contribution in [1.82, 2.24) is 5.32 Å². The zero-order chi connectivity index (χ0) is 11.3. The van der Waals surface area contributed by atoms with E-state index in [0.717, 1.165) is 18.9 Å². The number of ether oxygens (including phenoxy) is 1. The highest BCUT2D eigenvalue weighted by Gasteiger charge is 2.08. The first-order valence-corrected chi connectivity index (χ1v) is 5.48. The summed E-state index contributed by atoms with van der Waals surface area (Å²) in [6.07, 6.45) is 0. The number of hydrogen-bond acceptors (Lipinski definition) is 2. The van der Waals surface area contributed by atoms with Gasteiger partial charge in [0.1, 0.15) is 5.75 Å². The highest BCUT2D eigenvalue weighted by atomic mass is 35.5. The summed E-state index contributed by atoms with van der Waals surface area (Å²) in [5.41, 5.74) is 1.41. The first-order valence-electron chi connectivity index (χ1n) is 5.48. The highest BCUT2D eigenvalue weighted by molar-refractivity contribution is 5.28. The fraction of sp³-hybridized carbons (Fsp3) is 0.538. The zero-order valence-corrected chi connectivity index (χ0v) is 11.3. The van der Waals surface area contributed by atoms with Gasteiger partial charge in [0.25, 0.3) is 0 Å². The van der Waals surface area contributed by atoms with E-state index < -0.39 is 0 Å². The van der Waals surface area contributed by atoms with Crippen molar-refractivity contribution in [2.24, 2.45) is 0 Å². The predicted octanol–water partition coefficient (Wildman–Crippen LogP) is -0.0226. The Morgan fingerprint density at radius 1 is 1.25 bits per heavy atom. The van der Waals surface area contributed by atoms with Crippen LogP contribution in [0.3, 0.4) is 0 Å². The average Bonchev–Trinajstić information content (AvgIpc) is 2.15. The quantitative estimate of drug-likeness (QED) is 0.801. The smallest absolute Gasteiger partial charge is 0.119 e. The molecule has 0 aliphatic heterocycles. The molecule has 92 valence electrons. The monoisotopic (exact) mass is 242 g/mol. The number of hydrogen-bond donors (Lipinski definition) is 1. The summed E-state index contributed by atoms with van der Waals surface area (Å²) < 4.78 is 5.45. The number of nitrogens with one attached hydrogen (secondary N) is 1. The molecule has 0 fully saturated rings. The van der Waals surface area contributed by atoms with Gasteiger partial charge in [-0.2, -0.15) is 0 Å². The van der Waals surface area contributed by atoms with Crippen LogP contribution in [0.5, 0.6) is 5.75 Å². The zero-order valence-electron chi connectivity index (χ0n) is 10.5. The van der Waals surface area contributed by atoms with Gasteiger partial charge >= 0.3 is 0 Å². The van der Waals surface area contributed by atoms with Gasteiger partial charge in [0.05, 0.1) is 6.61 Å². The standard InChI is InChI=1S/C13H21NO.ClH/c1-5-15-12-8-6-7-11(9-12)10-14-13(2,3)4;/h6-9,14H,5,10H2,1-4H3;1H/p-1. The van der Waals surface area contributed by atoms with E-state index in [2.05, 4.69) is 38.2 Å². The van der Waals surface area contributed by atoms with Gasteiger partial charge in [0.2, 0.25) is 0 Å². The number of benzene rings is 1. The van der Waals surface area contributed by atoms with Crippen molar-refractivity contribution in [2.45, 2.75) is 39.8 Å². The van der Waals surface area contributed by atoms with E-state index in [0.29, 0.717) is 0 Å². The topological polar surface area (TPSA) is 21.3 Å². The second-order valence-corrected chi connectivity index (χ2v) is 4.68. The Balaban J connectivity index is 0.00000225. The molecule has 0 aromatic heterocycles.